The number of nitrogens with one attached hydrogen (secondary N) is 1. The maximum absolute atomic E-state index is 13.5. The molecule has 2 aromatic rings. The second-order valence-electron chi connectivity index (χ2n) is 10.2. The van der Waals surface area contributed by atoms with Crippen LogP contribution >= 0.6 is 0 Å². The van der Waals surface area contributed by atoms with Crippen molar-refractivity contribution in [2.24, 2.45) is 5.92 Å². The highest BCUT2D eigenvalue weighted by Crippen LogP contribution is 2.41. The standard InChI is InChI=1S/C26H35N3O5/c1-19-16-23(28-34-19)27-24(30)18-29(2)15-9-14-22(17-29)33-25(31)26(32,20-10-5-3-6-11-20)21-12-7-4-8-13-21/h3,5-6,10-11,16,21-22,32H,4,7-9,12-15,17-18H2,1-2H3/p+1/t22-,26?,29?/m1/s1. The van der Waals surface area contributed by atoms with E-state index in [-0.39, 0.29) is 24.5 Å². The van der Waals surface area contributed by atoms with Crippen molar-refractivity contribution < 1.29 is 28.4 Å². The number of benzene rings is 1. The van der Waals surface area contributed by atoms with E-state index in [2.05, 4.69) is 10.5 Å². The molecule has 1 aromatic heterocycles. The number of ether oxygens (including phenoxy) is 1. The molecule has 8 heteroatoms. The Hall–Kier alpha value is -2.71. The molecule has 34 heavy (non-hydrogen) atoms. The van der Waals surface area contributed by atoms with Gasteiger partial charge in [0, 0.05) is 18.4 Å². The number of anilines is 1. The number of esters is 1. The minimum absolute atomic E-state index is 0.155. The molecule has 0 radical (unpaired) electrons. The first-order valence-electron chi connectivity index (χ1n) is 12.3. The van der Waals surface area contributed by atoms with Crippen molar-refractivity contribution in [1.82, 2.24) is 5.16 Å². The van der Waals surface area contributed by atoms with E-state index in [1.54, 1.807) is 13.0 Å². The molecule has 0 bridgehead atoms. The molecule has 1 aliphatic carbocycles. The number of piperidine rings is 1. The zero-order valence-electron chi connectivity index (χ0n) is 20.2. The largest absolute Gasteiger partial charge is 0.454 e. The Morgan fingerprint density at radius 1 is 1.18 bits per heavy atom. The van der Waals surface area contributed by atoms with Crippen LogP contribution in [0.15, 0.2) is 40.9 Å². The fourth-order valence-corrected chi connectivity index (χ4v) is 5.54. The van der Waals surface area contributed by atoms with Gasteiger partial charge in [-0.3, -0.25) is 4.79 Å². The minimum Gasteiger partial charge on any atom is -0.454 e. The second kappa shape index (κ2) is 10.3. The molecule has 184 valence electrons. The fraction of sp³-hybridized carbons (Fsp3) is 0.577. The van der Waals surface area contributed by atoms with Crippen LogP contribution in [0.5, 0.6) is 0 Å². The summed E-state index contributed by atoms with van der Waals surface area (Å²) >= 11 is 0. The van der Waals surface area contributed by atoms with Crippen LogP contribution in [-0.4, -0.2) is 59.4 Å². The maximum atomic E-state index is 13.5. The van der Waals surface area contributed by atoms with E-state index in [4.69, 9.17) is 9.26 Å². The summed E-state index contributed by atoms with van der Waals surface area (Å²) < 4.78 is 11.5. The van der Waals surface area contributed by atoms with Gasteiger partial charge in [-0.2, -0.15) is 0 Å². The molecular weight excluding hydrogens is 434 g/mol. The second-order valence-corrected chi connectivity index (χ2v) is 10.2. The van der Waals surface area contributed by atoms with E-state index in [9.17, 15) is 14.7 Å². The summed E-state index contributed by atoms with van der Waals surface area (Å²) in [5.41, 5.74) is -1.05. The lowest BCUT2D eigenvalue weighted by Gasteiger charge is -2.42. The summed E-state index contributed by atoms with van der Waals surface area (Å²) in [7, 11) is 2.00. The normalized spacial score (nSPS) is 25.3. The lowest BCUT2D eigenvalue weighted by Crippen LogP contribution is -2.57. The predicted molar refractivity (Wildman–Crippen MR) is 127 cm³/mol. The van der Waals surface area contributed by atoms with E-state index in [0.29, 0.717) is 28.2 Å². The van der Waals surface area contributed by atoms with Crippen LogP contribution in [0.4, 0.5) is 5.82 Å². The Morgan fingerprint density at radius 3 is 2.59 bits per heavy atom. The molecule has 2 unspecified atom stereocenters. The Bertz CT molecular complexity index is 987. The highest BCUT2D eigenvalue weighted by atomic mass is 16.6. The van der Waals surface area contributed by atoms with Gasteiger partial charge in [-0.25, -0.2) is 4.79 Å². The number of hydrogen-bond acceptors (Lipinski definition) is 6. The van der Waals surface area contributed by atoms with Gasteiger partial charge < -0.3 is 24.2 Å². The van der Waals surface area contributed by atoms with E-state index in [1.165, 1.54) is 0 Å². The van der Waals surface area contributed by atoms with Crippen molar-refractivity contribution >= 4 is 17.7 Å². The summed E-state index contributed by atoms with van der Waals surface area (Å²) in [6, 6.07) is 10.9. The van der Waals surface area contributed by atoms with Gasteiger partial charge in [0.25, 0.3) is 5.91 Å². The van der Waals surface area contributed by atoms with Crippen molar-refractivity contribution in [3.05, 3.63) is 47.7 Å². The highest BCUT2D eigenvalue weighted by Gasteiger charge is 2.48. The van der Waals surface area contributed by atoms with Gasteiger partial charge in [0.1, 0.15) is 12.3 Å². The average Bonchev–Trinajstić information content (AvgIpc) is 3.23. The number of aryl methyl sites for hydroxylation is 1. The van der Waals surface area contributed by atoms with Crippen LogP contribution in [-0.2, 0) is 19.9 Å². The molecule has 3 atom stereocenters. The monoisotopic (exact) mass is 470 g/mol. The van der Waals surface area contributed by atoms with Crippen molar-refractivity contribution in [2.75, 3.05) is 32.0 Å². The number of aliphatic hydroxyl groups is 1. The number of rotatable bonds is 7. The van der Waals surface area contributed by atoms with E-state index < -0.39 is 11.6 Å². The quantitative estimate of drug-likeness (QED) is 0.474. The molecule has 1 aliphatic heterocycles. The minimum atomic E-state index is -1.65. The molecule has 2 N–H and O–H groups in total. The van der Waals surface area contributed by atoms with Crippen molar-refractivity contribution in [1.29, 1.82) is 0 Å². The zero-order chi connectivity index (χ0) is 24.2. The Kier molecular flexibility index (Phi) is 7.38. The molecule has 1 saturated heterocycles. The number of quaternary nitrogens is 1. The topological polar surface area (TPSA) is 102 Å². The number of nitrogens with zero attached hydrogens (tertiary/aromatic N) is 2. The molecule has 1 amide bonds. The average molecular weight is 471 g/mol. The zero-order valence-corrected chi connectivity index (χ0v) is 20.2. The van der Waals surface area contributed by atoms with Crippen LogP contribution in [0.1, 0.15) is 56.3 Å². The molecule has 0 spiro atoms. The number of hydrogen-bond donors (Lipinski definition) is 2. The third-order valence-electron chi connectivity index (χ3n) is 7.28. The van der Waals surface area contributed by atoms with Gasteiger partial charge in [-0.1, -0.05) is 54.8 Å². The molecule has 2 heterocycles. The molecule has 1 aromatic carbocycles. The van der Waals surface area contributed by atoms with E-state index >= 15 is 0 Å². The Morgan fingerprint density at radius 2 is 1.91 bits per heavy atom. The number of likely N-dealkylation sites (tertiary alicyclic amines) is 1. The molecule has 1 saturated carbocycles. The summed E-state index contributed by atoms with van der Waals surface area (Å²) in [4.78, 5) is 26.2. The molecule has 4 rings (SSSR count). The molecule has 8 nitrogen and oxygen atoms in total. The van der Waals surface area contributed by atoms with Gasteiger partial charge in [0.15, 0.2) is 24.1 Å². The Labute approximate surface area is 200 Å². The third-order valence-corrected chi connectivity index (χ3v) is 7.28. The molecule has 2 fully saturated rings. The highest BCUT2D eigenvalue weighted by molar-refractivity contribution is 5.90. The fourth-order valence-electron chi connectivity index (χ4n) is 5.54. The summed E-state index contributed by atoms with van der Waals surface area (Å²) in [6.45, 7) is 3.34. The van der Waals surface area contributed by atoms with Crippen LogP contribution in [0, 0.1) is 12.8 Å². The van der Waals surface area contributed by atoms with Crippen LogP contribution in [0.3, 0.4) is 0 Å². The lowest BCUT2D eigenvalue weighted by atomic mass is 9.73. The van der Waals surface area contributed by atoms with Crippen LogP contribution in [0.2, 0.25) is 0 Å². The van der Waals surface area contributed by atoms with Gasteiger partial charge in [-0.15, -0.1) is 0 Å². The molecular formula is C26H36N3O5+. The number of aromatic nitrogens is 1. The summed E-state index contributed by atoms with van der Waals surface area (Å²) in [5.74, 6) is 0.147. The molecule has 2 aliphatic rings. The third kappa shape index (κ3) is 5.50. The van der Waals surface area contributed by atoms with Crippen LogP contribution < -0.4 is 5.32 Å². The Balaban J connectivity index is 1.43. The first-order valence-corrected chi connectivity index (χ1v) is 12.3. The number of carbonyl (C=O) groups excluding carboxylic acids is 2. The number of likely N-dealkylation sites (N-methyl/N-ethyl adjacent to an activating group) is 1. The summed E-state index contributed by atoms with van der Waals surface area (Å²) in [5, 5.41) is 18.4. The van der Waals surface area contributed by atoms with Gasteiger partial charge in [0.2, 0.25) is 0 Å². The predicted octanol–water partition coefficient (Wildman–Crippen LogP) is 3.54. The van der Waals surface area contributed by atoms with Crippen LogP contribution in [0.25, 0.3) is 0 Å². The van der Waals surface area contributed by atoms with Gasteiger partial charge in [-0.05, 0) is 31.7 Å². The number of carbonyl (C=O) groups is 2. The van der Waals surface area contributed by atoms with E-state index in [1.807, 2.05) is 37.4 Å². The van der Waals surface area contributed by atoms with Gasteiger partial charge >= 0.3 is 5.97 Å². The number of amides is 1. The SMILES string of the molecule is Cc1cc(NC(=O)C[N+]2(C)CCC[C@@H](OC(=O)C(O)(c3ccccc3)C3CCCCC3)C2)no1. The van der Waals surface area contributed by atoms with Crippen molar-refractivity contribution in [3.8, 4) is 0 Å². The first kappa shape index (κ1) is 24.4. The van der Waals surface area contributed by atoms with Gasteiger partial charge in [0.05, 0.1) is 13.6 Å². The maximum Gasteiger partial charge on any atom is 0.343 e. The smallest absolute Gasteiger partial charge is 0.343 e. The summed E-state index contributed by atoms with van der Waals surface area (Å²) in [6.07, 6.45) is 5.95. The van der Waals surface area contributed by atoms with Crippen molar-refractivity contribution in [2.45, 2.75) is 63.6 Å². The van der Waals surface area contributed by atoms with Crippen molar-refractivity contribution in [3.63, 3.8) is 0 Å². The first-order chi connectivity index (χ1) is 16.3. The lowest BCUT2D eigenvalue weighted by molar-refractivity contribution is -0.909. The van der Waals surface area contributed by atoms with E-state index in [0.717, 1.165) is 51.5 Å².